The molecule has 1 fully saturated rings. The molecule has 0 spiro atoms. The van der Waals surface area contributed by atoms with Crippen molar-refractivity contribution in [1.29, 1.82) is 0 Å². The highest BCUT2D eigenvalue weighted by Gasteiger charge is 2.64. The van der Waals surface area contributed by atoms with E-state index in [1.165, 1.54) is 11.3 Å². The third-order valence-electron chi connectivity index (χ3n) is 5.10. The van der Waals surface area contributed by atoms with Crippen LogP contribution in [0.15, 0.2) is 11.4 Å². The van der Waals surface area contributed by atoms with E-state index in [0.29, 0.717) is 17.9 Å². The summed E-state index contributed by atoms with van der Waals surface area (Å²) >= 11 is 1.46. The third-order valence-corrected chi connectivity index (χ3v) is 5.94. The van der Waals surface area contributed by atoms with Gasteiger partial charge in [0.25, 0.3) is 5.91 Å². The first kappa shape index (κ1) is 16.1. The van der Waals surface area contributed by atoms with Crippen LogP contribution in [-0.2, 0) is 0 Å². The van der Waals surface area contributed by atoms with Gasteiger partial charge < -0.3 is 10.4 Å². The molecule has 1 aliphatic carbocycles. The second-order valence-corrected chi connectivity index (χ2v) is 7.59. The lowest BCUT2D eigenvalue weighted by Crippen LogP contribution is -2.26. The lowest BCUT2D eigenvalue weighted by molar-refractivity contribution is 0.0950. The van der Waals surface area contributed by atoms with E-state index in [2.05, 4.69) is 44.9 Å². The first-order valence-electron chi connectivity index (χ1n) is 7.27. The maximum atomic E-state index is 12.1. The average molecular weight is 305 g/mol. The van der Waals surface area contributed by atoms with Gasteiger partial charge in [0.2, 0.25) is 0 Å². The van der Waals surface area contributed by atoms with Gasteiger partial charge in [-0.05, 0) is 22.8 Å². The Bertz CT molecular complexity index is 575. The molecule has 0 radical (unpaired) electrons. The molecule has 1 aromatic heterocycles. The van der Waals surface area contributed by atoms with E-state index in [1.54, 1.807) is 0 Å². The molecule has 1 heterocycles. The number of carbonyl (C=O) groups excluding carboxylic acids is 1. The minimum absolute atomic E-state index is 0.0278. The number of hydrogen-bond acceptors (Lipinski definition) is 3. The van der Waals surface area contributed by atoms with Crippen molar-refractivity contribution in [3.63, 3.8) is 0 Å². The quantitative estimate of drug-likeness (QED) is 0.840. The maximum Gasteiger partial charge on any atom is 0.252 e. The van der Waals surface area contributed by atoms with Gasteiger partial charge in [0.1, 0.15) is 0 Å². The highest BCUT2D eigenvalue weighted by molar-refractivity contribution is 7.10. The molecule has 114 valence electrons. The lowest BCUT2D eigenvalue weighted by atomic mass is 10.0. The normalized spacial score (nSPS) is 18.7. The molecule has 0 atom stereocenters. The van der Waals surface area contributed by atoms with Crippen LogP contribution in [0.5, 0.6) is 0 Å². The SMILES string of the molecule is CC1(C)C(CNC(=O)c2csc(C#CCCO)c2)C1(C)C. The number of hydrogen-bond donors (Lipinski definition) is 2. The summed E-state index contributed by atoms with van der Waals surface area (Å²) in [4.78, 5) is 13.0. The Balaban J connectivity index is 1.89. The average Bonchev–Trinajstić information content (AvgIpc) is 2.76. The third kappa shape index (κ3) is 3.14. The Morgan fingerprint density at radius 3 is 2.62 bits per heavy atom. The van der Waals surface area contributed by atoms with E-state index in [-0.39, 0.29) is 23.3 Å². The molecule has 2 rings (SSSR count). The number of thiophene rings is 1. The Labute approximate surface area is 130 Å². The fourth-order valence-electron chi connectivity index (χ4n) is 2.87. The molecule has 2 N–H and O–H groups in total. The maximum absolute atomic E-state index is 12.1. The van der Waals surface area contributed by atoms with Crippen molar-refractivity contribution >= 4 is 17.2 Å². The van der Waals surface area contributed by atoms with Crippen LogP contribution in [0, 0.1) is 28.6 Å². The number of aliphatic hydroxyl groups is 1. The molecular formula is C17H23NO2S. The molecule has 1 saturated carbocycles. The monoisotopic (exact) mass is 305 g/mol. The number of rotatable bonds is 4. The highest BCUT2D eigenvalue weighted by atomic mass is 32.1. The molecule has 1 aliphatic rings. The zero-order valence-electron chi connectivity index (χ0n) is 13.1. The second kappa shape index (κ2) is 5.82. The van der Waals surface area contributed by atoms with Crippen LogP contribution < -0.4 is 5.32 Å². The summed E-state index contributed by atoms with van der Waals surface area (Å²) in [5, 5.41) is 13.6. The van der Waals surface area contributed by atoms with Crippen molar-refractivity contribution in [2.24, 2.45) is 16.7 Å². The molecular weight excluding hydrogens is 282 g/mol. The summed E-state index contributed by atoms with van der Waals surface area (Å²) in [6, 6.07) is 1.81. The molecule has 1 aromatic rings. The van der Waals surface area contributed by atoms with Crippen LogP contribution in [0.1, 0.15) is 49.4 Å². The number of amides is 1. The number of aliphatic hydroxyl groups excluding tert-OH is 1. The number of nitrogens with one attached hydrogen (secondary N) is 1. The Kier molecular flexibility index (Phi) is 4.46. The van der Waals surface area contributed by atoms with Gasteiger partial charge in [-0.1, -0.05) is 39.5 Å². The zero-order chi connectivity index (χ0) is 15.7. The fraction of sp³-hybridized carbons (Fsp3) is 0.588. The molecule has 1 amide bonds. The standard InChI is InChI=1S/C17H23NO2S/c1-16(2)14(17(16,3)4)10-18-15(20)12-9-13(21-11-12)7-5-6-8-19/h9,11,14,19H,6,8,10H2,1-4H3,(H,18,20). The predicted octanol–water partition coefficient (Wildman–Crippen LogP) is 2.89. The van der Waals surface area contributed by atoms with Gasteiger partial charge in [-0.25, -0.2) is 0 Å². The zero-order valence-corrected chi connectivity index (χ0v) is 13.9. The summed E-state index contributed by atoms with van der Waals surface area (Å²) in [5.74, 6) is 6.31. The van der Waals surface area contributed by atoms with Gasteiger partial charge in [-0.2, -0.15) is 0 Å². The van der Waals surface area contributed by atoms with Crippen molar-refractivity contribution in [3.8, 4) is 11.8 Å². The lowest BCUT2D eigenvalue weighted by Gasteiger charge is -2.04. The van der Waals surface area contributed by atoms with Gasteiger partial charge in [0.05, 0.1) is 17.0 Å². The van der Waals surface area contributed by atoms with Crippen LogP contribution in [0.4, 0.5) is 0 Å². The smallest absolute Gasteiger partial charge is 0.252 e. The van der Waals surface area contributed by atoms with Gasteiger partial charge >= 0.3 is 0 Å². The topological polar surface area (TPSA) is 49.3 Å². The van der Waals surface area contributed by atoms with E-state index in [4.69, 9.17) is 5.11 Å². The van der Waals surface area contributed by atoms with Crippen LogP contribution in [0.25, 0.3) is 0 Å². The predicted molar refractivity (Wildman–Crippen MR) is 86.3 cm³/mol. The summed E-state index contributed by atoms with van der Waals surface area (Å²) in [6.07, 6.45) is 0.464. The largest absolute Gasteiger partial charge is 0.395 e. The molecule has 3 nitrogen and oxygen atoms in total. The van der Waals surface area contributed by atoms with Crippen molar-refractivity contribution in [2.75, 3.05) is 13.2 Å². The Morgan fingerprint density at radius 2 is 2.05 bits per heavy atom. The van der Waals surface area contributed by atoms with Gasteiger partial charge in [0, 0.05) is 18.3 Å². The minimum atomic E-state index is -0.0278. The van der Waals surface area contributed by atoms with E-state index >= 15 is 0 Å². The van der Waals surface area contributed by atoms with E-state index in [0.717, 1.165) is 11.4 Å². The van der Waals surface area contributed by atoms with Crippen LogP contribution >= 0.6 is 11.3 Å². The van der Waals surface area contributed by atoms with Crippen molar-refractivity contribution in [1.82, 2.24) is 5.32 Å². The van der Waals surface area contributed by atoms with E-state index < -0.39 is 0 Å². The van der Waals surface area contributed by atoms with Crippen molar-refractivity contribution < 1.29 is 9.90 Å². The molecule has 0 unspecified atom stereocenters. The summed E-state index contributed by atoms with van der Waals surface area (Å²) in [7, 11) is 0. The first-order valence-corrected chi connectivity index (χ1v) is 8.15. The fourth-order valence-corrected chi connectivity index (χ4v) is 3.62. The second-order valence-electron chi connectivity index (χ2n) is 6.68. The van der Waals surface area contributed by atoms with Crippen molar-refractivity contribution in [2.45, 2.75) is 34.1 Å². The summed E-state index contributed by atoms with van der Waals surface area (Å²) in [6.45, 7) is 9.80. The van der Waals surface area contributed by atoms with Crippen LogP contribution in [0.3, 0.4) is 0 Å². The molecule has 4 heteroatoms. The van der Waals surface area contributed by atoms with Crippen LogP contribution in [0.2, 0.25) is 0 Å². The highest BCUT2D eigenvalue weighted by Crippen LogP contribution is 2.67. The Hall–Kier alpha value is -1.31. The minimum Gasteiger partial charge on any atom is -0.395 e. The van der Waals surface area contributed by atoms with Gasteiger partial charge in [-0.15, -0.1) is 11.3 Å². The molecule has 0 aromatic carbocycles. The molecule has 21 heavy (non-hydrogen) atoms. The molecule has 0 bridgehead atoms. The Morgan fingerprint density at radius 1 is 1.38 bits per heavy atom. The number of carbonyl (C=O) groups is 1. The first-order chi connectivity index (χ1) is 9.80. The van der Waals surface area contributed by atoms with Crippen molar-refractivity contribution in [3.05, 3.63) is 21.9 Å². The van der Waals surface area contributed by atoms with E-state index in [9.17, 15) is 4.79 Å². The van der Waals surface area contributed by atoms with E-state index in [1.807, 2.05) is 11.4 Å². The summed E-state index contributed by atoms with van der Waals surface area (Å²) < 4.78 is 0. The summed E-state index contributed by atoms with van der Waals surface area (Å²) in [5.41, 5.74) is 1.25. The molecule has 0 aliphatic heterocycles. The van der Waals surface area contributed by atoms with Gasteiger partial charge in [-0.3, -0.25) is 4.79 Å². The van der Waals surface area contributed by atoms with Gasteiger partial charge in [0.15, 0.2) is 0 Å². The molecule has 0 saturated heterocycles. The van der Waals surface area contributed by atoms with Crippen LogP contribution in [-0.4, -0.2) is 24.2 Å².